The Morgan fingerprint density at radius 2 is 2.09 bits per heavy atom. The van der Waals surface area contributed by atoms with Gasteiger partial charge in [0.2, 0.25) is 0 Å². The molecule has 2 N–H and O–H groups in total. The van der Waals surface area contributed by atoms with E-state index in [1.807, 2.05) is 6.92 Å². The number of aliphatic hydroxyl groups excluding tert-OH is 1. The van der Waals surface area contributed by atoms with E-state index in [0.717, 1.165) is 0 Å². The van der Waals surface area contributed by atoms with Crippen molar-refractivity contribution >= 4 is 17.7 Å². The Balaban J connectivity index is 3.45. The Hall–Kier alpha value is -0.220. The number of thioether (sulfide) groups is 1. The highest BCUT2D eigenvalue weighted by Crippen LogP contribution is 2.13. The van der Waals surface area contributed by atoms with Crippen molar-refractivity contribution in [3.8, 4) is 0 Å². The standard InChI is InChI=1S/C7H14O3S/c1-5(7(9)10)4-11-6(2)3-8/h5-6,8H,3-4H2,1-2H3,(H,9,10). The number of hydrogen-bond acceptors (Lipinski definition) is 3. The van der Waals surface area contributed by atoms with Crippen molar-refractivity contribution in [2.75, 3.05) is 12.4 Å². The first-order chi connectivity index (χ1) is 5.07. The average molecular weight is 178 g/mol. The first-order valence-corrected chi connectivity index (χ1v) is 4.58. The minimum Gasteiger partial charge on any atom is -0.481 e. The quantitative estimate of drug-likeness (QED) is 0.654. The molecular weight excluding hydrogens is 164 g/mol. The summed E-state index contributed by atoms with van der Waals surface area (Å²) >= 11 is 1.48. The maximum absolute atomic E-state index is 10.3. The third-order valence-electron chi connectivity index (χ3n) is 1.31. The van der Waals surface area contributed by atoms with E-state index in [9.17, 15) is 4.79 Å². The molecule has 2 atom stereocenters. The van der Waals surface area contributed by atoms with E-state index in [1.165, 1.54) is 11.8 Å². The number of aliphatic carboxylic acids is 1. The Kier molecular flexibility index (Phi) is 5.32. The van der Waals surface area contributed by atoms with Crippen LogP contribution >= 0.6 is 11.8 Å². The third-order valence-corrected chi connectivity index (χ3v) is 2.72. The number of carbonyl (C=O) groups is 1. The summed E-state index contributed by atoms with van der Waals surface area (Å²) in [5.74, 6) is -0.534. The summed E-state index contributed by atoms with van der Waals surface area (Å²) in [5, 5.41) is 17.2. The van der Waals surface area contributed by atoms with Crippen LogP contribution in [0, 0.1) is 5.92 Å². The predicted molar refractivity (Wildman–Crippen MR) is 45.8 cm³/mol. The smallest absolute Gasteiger partial charge is 0.307 e. The highest BCUT2D eigenvalue weighted by atomic mass is 32.2. The Labute approximate surface area is 70.8 Å². The van der Waals surface area contributed by atoms with Gasteiger partial charge in [0.1, 0.15) is 0 Å². The molecule has 0 bridgehead atoms. The molecule has 0 rings (SSSR count). The van der Waals surface area contributed by atoms with Gasteiger partial charge in [0.05, 0.1) is 12.5 Å². The topological polar surface area (TPSA) is 57.5 Å². The second-order valence-electron chi connectivity index (χ2n) is 2.57. The highest BCUT2D eigenvalue weighted by molar-refractivity contribution is 7.99. The van der Waals surface area contributed by atoms with Crippen molar-refractivity contribution in [2.24, 2.45) is 5.92 Å². The molecule has 3 nitrogen and oxygen atoms in total. The summed E-state index contributed by atoms with van der Waals surface area (Å²) in [7, 11) is 0. The van der Waals surface area contributed by atoms with Gasteiger partial charge in [-0.3, -0.25) is 4.79 Å². The van der Waals surface area contributed by atoms with Gasteiger partial charge in [0.15, 0.2) is 0 Å². The molecular formula is C7H14O3S. The second kappa shape index (κ2) is 5.43. The van der Waals surface area contributed by atoms with Crippen LogP contribution in [0.3, 0.4) is 0 Å². The molecule has 0 aromatic carbocycles. The molecule has 0 fully saturated rings. The number of hydrogen-bond donors (Lipinski definition) is 2. The van der Waals surface area contributed by atoms with Gasteiger partial charge in [-0.15, -0.1) is 0 Å². The Morgan fingerprint density at radius 1 is 1.55 bits per heavy atom. The lowest BCUT2D eigenvalue weighted by Gasteiger charge is -2.09. The first kappa shape index (κ1) is 10.8. The van der Waals surface area contributed by atoms with Gasteiger partial charge in [-0.1, -0.05) is 13.8 Å². The zero-order valence-corrected chi connectivity index (χ0v) is 7.60. The minimum absolute atomic E-state index is 0.108. The van der Waals surface area contributed by atoms with Gasteiger partial charge >= 0.3 is 5.97 Å². The lowest BCUT2D eigenvalue weighted by atomic mass is 10.2. The van der Waals surface area contributed by atoms with E-state index >= 15 is 0 Å². The third kappa shape index (κ3) is 5.09. The maximum atomic E-state index is 10.3. The van der Waals surface area contributed by atoms with E-state index < -0.39 is 5.97 Å². The van der Waals surface area contributed by atoms with Crippen molar-refractivity contribution in [3.63, 3.8) is 0 Å². The molecule has 0 radical (unpaired) electrons. The van der Waals surface area contributed by atoms with Crippen LogP contribution in [0.5, 0.6) is 0 Å². The molecule has 2 unspecified atom stereocenters. The molecule has 11 heavy (non-hydrogen) atoms. The van der Waals surface area contributed by atoms with Gasteiger partial charge in [-0.25, -0.2) is 0 Å². The van der Waals surface area contributed by atoms with Crippen LogP contribution in [0.1, 0.15) is 13.8 Å². The van der Waals surface area contributed by atoms with E-state index in [0.29, 0.717) is 5.75 Å². The molecule has 0 aliphatic carbocycles. The largest absolute Gasteiger partial charge is 0.481 e. The molecule has 0 heterocycles. The van der Waals surface area contributed by atoms with Crippen molar-refractivity contribution in [3.05, 3.63) is 0 Å². The first-order valence-electron chi connectivity index (χ1n) is 3.53. The van der Waals surface area contributed by atoms with Crippen molar-refractivity contribution in [2.45, 2.75) is 19.1 Å². The number of carboxylic acid groups (broad SMARTS) is 1. The molecule has 0 amide bonds. The van der Waals surface area contributed by atoms with Crippen LogP contribution < -0.4 is 0 Å². The summed E-state index contributed by atoms with van der Waals surface area (Å²) in [6.45, 7) is 3.65. The van der Waals surface area contributed by atoms with E-state index in [2.05, 4.69) is 0 Å². The molecule has 0 aliphatic rings. The van der Waals surface area contributed by atoms with Crippen molar-refractivity contribution in [1.29, 1.82) is 0 Å². The highest BCUT2D eigenvalue weighted by Gasteiger charge is 2.12. The van der Waals surface area contributed by atoms with Crippen LogP contribution in [0.4, 0.5) is 0 Å². The minimum atomic E-state index is -0.775. The molecule has 0 saturated carbocycles. The van der Waals surface area contributed by atoms with E-state index in [1.54, 1.807) is 6.92 Å². The Bertz CT molecular complexity index is 127. The molecule has 0 spiro atoms. The summed E-state index contributed by atoms with van der Waals surface area (Å²) in [4.78, 5) is 10.3. The molecule has 66 valence electrons. The lowest BCUT2D eigenvalue weighted by molar-refractivity contribution is -0.140. The normalized spacial score (nSPS) is 15.9. The molecule has 4 heteroatoms. The predicted octanol–water partition coefficient (Wildman–Crippen LogP) is 0.821. The van der Waals surface area contributed by atoms with Crippen LogP contribution in [0.25, 0.3) is 0 Å². The zero-order chi connectivity index (χ0) is 8.85. The number of rotatable bonds is 5. The van der Waals surface area contributed by atoms with Crippen LogP contribution in [0.15, 0.2) is 0 Å². The van der Waals surface area contributed by atoms with Crippen molar-refractivity contribution < 1.29 is 15.0 Å². The van der Waals surface area contributed by atoms with Crippen molar-refractivity contribution in [1.82, 2.24) is 0 Å². The number of aliphatic hydroxyl groups is 1. The second-order valence-corrected chi connectivity index (χ2v) is 4.04. The van der Waals surface area contributed by atoms with Crippen LogP contribution in [-0.2, 0) is 4.79 Å². The molecule has 0 aromatic rings. The van der Waals surface area contributed by atoms with E-state index in [-0.39, 0.29) is 17.8 Å². The fourth-order valence-electron chi connectivity index (χ4n) is 0.433. The van der Waals surface area contributed by atoms with E-state index in [4.69, 9.17) is 10.2 Å². The van der Waals surface area contributed by atoms with Gasteiger partial charge in [0.25, 0.3) is 0 Å². The number of carboxylic acids is 1. The zero-order valence-electron chi connectivity index (χ0n) is 6.78. The summed E-state index contributed by atoms with van der Waals surface area (Å²) in [6.07, 6.45) is 0. The lowest BCUT2D eigenvalue weighted by Crippen LogP contribution is -2.14. The summed E-state index contributed by atoms with van der Waals surface area (Å²) in [6, 6.07) is 0. The van der Waals surface area contributed by atoms with Gasteiger partial charge in [-0.05, 0) is 0 Å². The molecule has 0 aliphatic heterocycles. The van der Waals surface area contributed by atoms with Crippen LogP contribution in [0.2, 0.25) is 0 Å². The summed E-state index contributed by atoms with van der Waals surface area (Å²) in [5.41, 5.74) is 0. The SMILES string of the molecule is CC(CO)SCC(C)C(=O)O. The fraction of sp³-hybridized carbons (Fsp3) is 0.857. The molecule has 0 aromatic heterocycles. The van der Waals surface area contributed by atoms with Gasteiger partial charge in [0, 0.05) is 11.0 Å². The average Bonchev–Trinajstić information content (AvgIpc) is 1.99. The van der Waals surface area contributed by atoms with Gasteiger partial charge in [-0.2, -0.15) is 11.8 Å². The molecule has 0 saturated heterocycles. The monoisotopic (exact) mass is 178 g/mol. The fourth-order valence-corrected chi connectivity index (χ4v) is 1.30. The Morgan fingerprint density at radius 3 is 2.45 bits per heavy atom. The van der Waals surface area contributed by atoms with Crippen LogP contribution in [-0.4, -0.2) is 33.8 Å². The maximum Gasteiger partial charge on any atom is 0.307 e. The van der Waals surface area contributed by atoms with Gasteiger partial charge < -0.3 is 10.2 Å². The summed E-state index contributed by atoms with van der Waals surface area (Å²) < 4.78 is 0.